The zero-order valence-electron chi connectivity index (χ0n) is 15.8. The first kappa shape index (κ1) is 19.7. The van der Waals surface area contributed by atoms with E-state index in [0.29, 0.717) is 12.3 Å². The molecule has 0 unspecified atom stereocenters. The van der Waals surface area contributed by atoms with E-state index >= 15 is 0 Å². The maximum atomic E-state index is 12.0. The summed E-state index contributed by atoms with van der Waals surface area (Å²) in [4.78, 5) is 23.9. The molecule has 2 aromatic rings. The van der Waals surface area contributed by atoms with E-state index in [2.05, 4.69) is 10.6 Å². The molecule has 0 saturated carbocycles. The average molecular weight is 354 g/mol. The van der Waals surface area contributed by atoms with E-state index < -0.39 is 11.8 Å². The van der Waals surface area contributed by atoms with Crippen LogP contribution in [-0.2, 0) is 27.5 Å². The number of hydrogen-bond donors (Lipinski definition) is 2. The molecular formula is C21H26N2O3. The number of hydrogen-bond acceptors (Lipinski definition) is 3. The Balaban J connectivity index is 1.86. The summed E-state index contributed by atoms with van der Waals surface area (Å²) in [6.45, 7) is 8.75. The standard InChI is InChI=1S/C21H26N2O3/c1-15-8-10-18(11-9-15)23-20(25)19(24)22-13-16-6-5-7-17(12-16)14-26-21(2,3)4/h5-12H,13-14H2,1-4H3,(H,22,24)(H,23,25). The first-order valence-electron chi connectivity index (χ1n) is 8.60. The molecule has 0 aliphatic heterocycles. The number of aryl methyl sites for hydroxylation is 1. The lowest BCUT2D eigenvalue weighted by molar-refractivity contribution is -0.136. The second-order valence-corrected chi connectivity index (χ2v) is 7.22. The number of rotatable bonds is 5. The van der Waals surface area contributed by atoms with E-state index in [1.807, 2.05) is 64.1 Å². The summed E-state index contributed by atoms with van der Waals surface area (Å²) in [5.74, 6) is -1.34. The van der Waals surface area contributed by atoms with Gasteiger partial charge in [-0.3, -0.25) is 9.59 Å². The van der Waals surface area contributed by atoms with E-state index in [9.17, 15) is 9.59 Å². The van der Waals surface area contributed by atoms with Gasteiger partial charge in [-0.2, -0.15) is 0 Å². The van der Waals surface area contributed by atoms with Crippen molar-refractivity contribution in [1.29, 1.82) is 0 Å². The summed E-state index contributed by atoms with van der Waals surface area (Å²) in [6.07, 6.45) is 0. The number of anilines is 1. The van der Waals surface area contributed by atoms with Crippen molar-refractivity contribution in [2.45, 2.75) is 46.4 Å². The molecule has 0 radical (unpaired) electrons. The monoisotopic (exact) mass is 354 g/mol. The van der Waals surface area contributed by atoms with Gasteiger partial charge in [-0.1, -0.05) is 42.0 Å². The predicted molar refractivity (Wildman–Crippen MR) is 103 cm³/mol. The smallest absolute Gasteiger partial charge is 0.313 e. The van der Waals surface area contributed by atoms with Gasteiger partial charge in [-0.15, -0.1) is 0 Å². The normalized spacial score (nSPS) is 11.1. The van der Waals surface area contributed by atoms with Gasteiger partial charge in [0.05, 0.1) is 12.2 Å². The van der Waals surface area contributed by atoms with Gasteiger partial charge in [0.2, 0.25) is 0 Å². The Morgan fingerprint density at radius 1 is 0.962 bits per heavy atom. The molecule has 26 heavy (non-hydrogen) atoms. The summed E-state index contributed by atoms with van der Waals surface area (Å²) in [7, 11) is 0. The van der Waals surface area contributed by atoms with Gasteiger partial charge >= 0.3 is 11.8 Å². The Morgan fingerprint density at radius 2 is 1.62 bits per heavy atom. The largest absolute Gasteiger partial charge is 0.371 e. The molecule has 2 rings (SSSR count). The maximum absolute atomic E-state index is 12.0. The molecule has 0 saturated heterocycles. The highest BCUT2D eigenvalue weighted by atomic mass is 16.5. The predicted octanol–water partition coefficient (Wildman–Crippen LogP) is 3.57. The van der Waals surface area contributed by atoms with Crippen molar-refractivity contribution in [3.8, 4) is 0 Å². The van der Waals surface area contributed by atoms with E-state index in [1.165, 1.54) is 0 Å². The lowest BCUT2D eigenvalue weighted by Gasteiger charge is -2.19. The molecule has 138 valence electrons. The fraction of sp³-hybridized carbons (Fsp3) is 0.333. The second kappa shape index (κ2) is 8.63. The van der Waals surface area contributed by atoms with E-state index in [1.54, 1.807) is 12.1 Å². The fourth-order valence-electron chi connectivity index (χ4n) is 2.22. The summed E-state index contributed by atoms with van der Waals surface area (Å²) in [5, 5.41) is 5.22. The van der Waals surface area contributed by atoms with Gasteiger partial charge in [0.1, 0.15) is 0 Å². The van der Waals surface area contributed by atoms with Crippen LogP contribution < -0.4 is 10.6 Å². The van der Waals surface area contributed by atoms with Crippen LogP contribution in [-0.4, -0.2) is 17.4 Å². The summed E-state index contributed by atoms with van der Waals surface area (Å²) in [5.41, 5.74) is 3.41. The fourth-order valence-corrected chi connectivity index (χ4v) is 2.22. The van der Waals surface area contributed by atoms with Gasteiger partial charge in [0.25, 0.3) is 0 Å². The van der Waals surface area contributed by atoms with Crippen LogP contribution in [0.25, 0.3) is 0 Å². The molecule has 0 atom stereocenters. The quantitative estimate of drug-likeness (QED) is 0.807. The molecule has 2 aromatic carbocycles. The molecule has 0 aliphatic carbocycles. The summed E-state index contributed by atoms with van der Waals surface area (Å²) < 4.78 is 5.76. The Morgan fingerprint density at radius 3 is 2.27 bits per heavy atom. The molecule has 2 amide bonds. The molecule has 0 aliphatic rings. The van der Waals surface area contributed by atoms with E-state index in [-0.39, 0.29) is 12.1 Å². The zero-order chi connectivity index (χ0) is 19.2. The number of ether oxygens (including phenoxy) is 1. The maximum Gasteiger partial charge on any atom is 0.313 e. The molecule has 0 bridgehead atoms. The van der Waals surface area contributed by atoms with Gasteiger partial charge in [0, 0.05) is 12.2 Å². The minimum Gasteiger partial charge on any atom is -0.371 e. The lowest BCUT2D eigenvalue weighted by Crippen LogP contribution is -2.34. The molecule has 2 N–H and O–H groups in total. The third kappa shape index (κ3) is 6.69. The van der Waals surface area contributed by atoms with Crippen molar-refractivity contribution < 1.29 is 14.3 Å². The molecule has 5 nitrogen and oxygen atoms in total. The number of carbonyl (C=O) groups excluding carboxylic acids is 2. The Hall–Kier alpha value is -2.66. The highest BCUT2D eigenvalue weighted by Crippen LogP contribution is 2.13. The molecule has 0 aromatic heterocycles. The Bertz CT molecular complexity index is 762. The third-order valence-electron chi connectivity index (χ3n) is 3.63. The number of carbonyl (C=O) groups is 2. The van der Waals surface area contributed by atoms with Crippen molar-refractivity contribution in [2.75, 3.05) is 5.32 Å². The van der Waals surface area contributed by atoms with Crippen LogP contribution in [0, 0.1) is 6.92 Å². The number of amides is 2. The average Bonchev–Trinajstić information content (AvgIpc) is 2.59. The number of nitrogens with one attached hydrogen (secondary N) is 2. The van der Waals surface area contributed by atoms with Gasteiger partial charge in [-0.05, 0) is 51.0 Å². The highest BCUT2D eigenvalue weighted by molar-refractivity contribution is 6.39. The molecule has 0 fully saturated rings. The van der Waals surface area contributed by atoms with Gasteiger partial charge in [0.15, 0.2) is 0 Å². The van der Waals surface area contributed by atoms with Crippen LogP contribution in [0.1, 0.15) is 37.5 Å². The SMILES string of the molecule is Cc1ccc(NC(=O)C(=O)NCc2cccc(COC(C)(C)C)c2)cc1. The third-order valence-corrected chi connectivity index (χ3v) is 3.63. The first-order chi connectivity index (χ1) is 12.2. The van der Waals surface area contributed by atoms with Crippen molar-refractivity contribution in [3.05, 3.63) is 65.2 Å². The molecule has 5 heteroatoms. The lowest BCUT2D eigenvalue weighted by atomic mass is 10.1. The molecular weight excluding hydrogens is 328 g/mol. The van der Waals surface area contributed by atoms with Crippen molar-refractivity contribution >= 4 is 17.5 Å². The van der Waals surface area contributed by atoms with Crippen LogP contribution in [0.15, 0.2) is 48.5 Å². The minimum atomic E-state index is -0.680. The highest BCUT2D eigenvalue weighted by Gasteiger charge is 2.14. The van der Waals surface area contributed by atoms with Gasteiger partial charge in [-0.25, -0.2) is 0 Å². The first-order valence-corrected chi connectivity index (χ1v) is 8.60. The van der Waals surface area contributed by atoms with Gasteiger partial charge < -0.3 is 15.4 Å². The topological polar surface area (TPSA) is 67.4 Å². The molecule has 0 heterocycles. The van der Waals surface area contributed by atoms with Crippen molar-refractivity contribution in [2.24, 2.45) is 0 Å². The van der Waals surface area contributed by atoms with Crippen LogP contribution in [0.3, 0.4) is 0 Å². The molecule has 0 spiro atoms. The Kier molecular flexibility index (Phi) is 6.52. The second-order valence-electron chi connectivity index (χ2n) is 7.22. The van der Waals surface area contributed by atoms with E-state index in [0.717, 1.165) is 16.7 Å². The Labute approximate surface area is 154 Å². The number of benzene rings is 2. The van der Waals surface area contributed by atoms with Crippen molar-refractivity contribution in [3.63, 3.8) is 0 Å². The summed E-state index contributed by atoms with van der Waals surface area (Å²) in [6, 6.07) is 15.0. The van der Waals surface area contributed by atoms with Crippen LogP contribution in [0.2, 0.25) is 0 Å². The van der Waals surface area contributed by atoms with Crippen LogP contribution in [0.4, 0.5) is 5.69 Å². The van der Waals surface area contributed by atoms with E-state index in [4.69, 9.17) is 4.74 Å². The minimum absolute atomic E-state index is 0.210. The summed E-state index contributed by atoms with van der Waals surface area (Å²) >= 11 is 0. The van der Waals surface area contributed by atoms with Crippen LogP contribution in [0.5, 0.6) is 0 Å². The van der Waals surface area contributed by atoms with Crippen LogP contribution >= 0.6 is 0 Å². The zero-order valence-corrected chi connectivity index (χ0v) is 15.8. The van der Waals surface area contributed by atoms with Crippen molar-refractivity contribution in [1.82, 2.24) is 5.32 Å².